The topological polar surface area (TPSA) is 12.0 Å². The van der Waals surface area contributed by atoms with Crippen molar-refractivity contribution in [2.75, 3.05) is 6.54 Å². The van der Waals surface area contributed by atoms with Crippen molar-refractivity contribution in [1.82, 2.24) is 5.32 Å². The highest BCUT2D eigenvalue weighted by Gasteiger charge is 2.23. The first-order valence-corrected chi connectivity index (χ1v) is 7.83. The predicted octanol–water partition coefficient (Wildman–Crippen LogP) is 4.62. The Morgan fingerprint density at radius 3 is 2.00 bits per heavy atom. The van der Waals surface area contributed by atoms with E-state index in [1.54, 1.807) is 0 Å². The molecule has 1 fully saturated rings. The summed E-state index contributed by atoms with van der Waals surface area (Å²) in [4.78, 5) is 0. The van der Waals surface area contributed by atoms with Crippen LogP contribution in [0, 0.1) is 17.8 Å². The van der Waals surface area contributed by atoms with Crippen molar-refractivity contribution in [2.45, 2.75) is 78.7 Å². The molecule has 0 aromatic carbocycles. The third-order valence-electron chi connectivity index (χ3n) is 4.13. The maximum atomic E-state index is 3.67. The zero-order valence-corrected chi connectivity index (χ0v) is 12.5. The normalized spacial score (nSPS) is 20.8. The molecule has 1 nitrogen and oxygen atoms in total. The first kappa shape index (κ1) is 15.0. The van der Waals surface area contributed by atoms with Crippen molar-refractivity contribution < 1.29 is 0 Å². The Labute approximate surface area is 109 Å². The number of hydrogen-bond donors (Lipinski definition) is 1. The second kappa shape index (κ2) is 8.13. The Bertz CT molecular complexity index is 178. The first-order chi connectivity index (χ1) is 8.09. The van der Waals surface area contributed by atoms with Gasteiger partial charge in [0.15, 0.2) is 0 Å². The lowest BCUT2D eigenvalue weighted by Crippen LogP contribution is -2.33. The van der Waals surface area contributed by atoms with E-state index in [2.05, 4.69) is 33.0 Å². The van der Waals surface area contributed by atoms with Gasteiger partial charge in [0.2, 0.25) is 0 Å². The Morgan fingerprint density at radius 1 is 0.941 bits per heavy atom. The van der Waals surface area contributed by atoms with Gasteiger partial charge in [-0.1, -0.05) is 66.2 Å². The van der Waals surface area contributed by atoms with Crippen molar-refractivity contribution in [3.05, 3.63) is 0 Å². The molecule has 0 spiro atoms. The van der Waals surface area contributed by atoms with E-state index < -0.39 is 0 Å². The molecule has 0 aromatic heterocycles. The van der Waals surface area contributed by atoms with Crippen LogP contribution in [-0.2, 0) is 0 Å². The van der Waals surface area contributed by atoms with Crippen molar-refractivity contribution >= 4 is 0 Å². The van der Waals surface area contributed by atoms with E-state index in [9.17, 15) is 0 Å². The van der Waals surface area contributed by atoms with Crippen LogP contribution in [0.15, 0.2) is 0 Å². The molecule has 1 N–H and O–H groups in total. The third kappa shape index (κ3) is 6.45. The molecule has 1 aliphatic rings. The van der Waals surface area contributed by atoms with Crippen LogP contribution in [0.2, 0.25) is 0 Å². The van der Waals surface area contributed by atoms with E-state index in [4.69, 9.17) is 0 Å². The highest BCUT2D eigenvalue weighted by Crippen LogP contribution is 2.32. The Hall–Kier alpha value is -0.0400. The van der Waals surface area contributed by atoms with Gasteiger partial charge in [-0.3, -0.25) is 0 Å². The number of rotatable bonds is 6. The van der Waals surface area contributed by atoms with Crippen LogP contribution in [0.4, 0.5) is 0 Å². The quantitative estimate of drug-likeness (QED) is 0.667. The van der Waals surface area contributed by atoms with Gasteiger partial charge in [0.25, 0.3) is 0 Å². The fourth-order valence-electron chi connectivity index (χ4n) is 3.22. The lowest BCUT2D eigenvalue weighted by Gasteiger charge is -2.29. The molecule has 0 heterocycles. The minimum Gasteiger partial charge on any atom is -0.314 e. The standard InChI is InChI=1S/C16H33N/c1-13(2)11-16(12-17-14(3)4)15-9-7-5-6-8-10-15/h13-17H,5-12H2,1-4H3. The lowest BCUT2D eigenvalue weighted by atomic mass is 9.81. The summed E-state index contributed by atoms with van der Waals surface area (Å²) in [6.45, 7) is 10.5. The summed E-state index contributed by atoms with van der Waals surface area (Å²) in [7, 11) is 0. The van der Waals surface area contributed by atoms with Gasteiger partial charge >= 0.3 is 0 Å². The molecular formula is C16H33N. The maximum absolute atomic E-state index is 3.67. The van der Waals surface area contributed by atoms with Crippen molar-refractivity contribution in [2.24, 2.45) is 17.8 Å². The van der Waals surface area contributed by atoms with E-state index >= 15 is 0 Å². The molecule has 1 heteroatoms. The zero-order chi connectivity index (χ0) is 12.7. The molecule has 1 aliphatic carbocycles. The van der Waals surface area contributed by atoms with Crippen molar-refractivity contribution in [3.63, 3.8) is 0 Å². The van der Waals surface area contributed by atoms with Crippen LogP contribution in [0.3, 0.4) is 0 Å². The summed E-state index contributed by atoms with van der Waals surface area (Å²) in [5, 5.41) is 3.67. The SMILES string of the molecule is CC(C)CC(CNC(C)C)C1CCCCCC1. The minimum absolute atomic E-state index is 0.635. The van der Waals surface area contributed by atoms with Gasteiger partial charge in [-0.05, 0) is 30.7 Å². The molecule has 0 aromatic rings. The lowest BCUT2D eigenvalue weighted by molar-refractivity contribution is 0.242. The molecule has 0 amide bonds. The largest absolute Gasteiger partial charge is 0.314 e. The fourth-order valence-corrected chi connectivity index (χ4v) is 3.22. The molecule has 0 bridgehead atoms. The van der Waals surface area contributed by atoms with E-state index in [-0.39, 0.29) is 0 Å². The van der Waals surface area contributed by atoms with E-state index in [0.29, 0.717) is 6.04 Å². The average Bonchev–Trinajstić information content (AvgIpc) is 2.51. The van der Waals surface area contributed by atoms with Crippen LogP contribution in [0.1, 0.15) is 72.6 Å². The van der Waals surface area contributed by atoms with Gasteiger partial charge < -0.3 is 5.32 Å². The average molecular weight is 239 g/mol. The molecule has 1 rings (SSSR count). The monoisotopic (exact) mass is 239 g/mol. The molecule has 1 atom stereocenters. The van der Waals surface area contributed by atoms with E-state index in [1.165, 1.54) is 51.5 Å². The van der Waals surface area contributed by atoms with Gasteiger partial charge in [0.05, 0.1) is 0 Å². The molecule has 17 heavy (non-hydrogen) atoms. The molecular weight excluding hydrogens is 206 g/mol. The highest BCUT2D eigenvalue weighted by atomic mass is 14.9. The van der Waals surface area contributed by atoms with Gasteiger partial charge in [-0.2, -0.15) is 0 Å². The predicted molar refractivity (Wildman–Crippen MR) is 77.3 cm³/mol. The number of hydrogen-bond acceptors (Lipinski definition) is 1. The minimum atomic E-state index is 0.635. The second-order valence-electron chi connectivity index (χ2n) is 6.70. The summed E-state index contributed by atoms with van der Waals surface area (Å²) in [6, 6.07) is 0.635. The number of nitrogens with one attached hydrogen (secondary N) is 1. The van der Waals surface area contributed by atoms with Crippen molar-refractivity contribution in [3.8, 4) is 0 Å². The maximum Gasteiger partial charge on any atom is 0.00104 e. The first-order valence-electron chi connectivity index (χ1n) is 7.83. The Morgan fingerprint density at radius 2 is 1.53 bits per heavy atom. The third-order valence-corrected chi connectivity index (χ3v) is 4.13. The highest BCUT2D eigenvalue weighted by molar-refractivity contribution is 4.76. The summed E-state index contributed by atoms with van der Waals surface area (Å²) in [5.74, 6) is 2.75. The summed E-state index contributed by atoms with van der Waals surface area (Å²) < 4.78 is 0. The van der Waals surface area contributed by atoms with Crippen LogP contribution in [0.25, 0.3) is 0 Å². The zero-order valence-electron chi connectivity index (χ0n) is 12.5. The van der Waals surface area contributed by atoms with Gasteiger partial charge in [-0.15, -0.1) is 0 Å². The molecule has 0 radical (unpaired) electrons. The van der Waals surface area contributed by atoms with Crippen LogP contribution in [0.5, 0.6) is 0 Å². The van der Waals surface area contributed by atoms with E-state index in [0.717, 1.165) is 17.8 Å². The molecule has 1 saturated carbocycles. The van der Waals surface area contributed by atoms with Crippen LogP contribution < -0.4 is 5.32 Å². The van der Waals surface area contributed by atoms with Gasteiger partial charge in [0.1, 0.15) is 0 Å². The van der Waals surface area contributed by atoms with E-state index in [1.807, 2.05) is 0 Å². The Balaban J connectivity index is 2.46. The van der Waals surface area contributed by atoms with Gasteiger partial charge in [0, 0.05) is 6.04 Å². The Kier molecular flexibility index (Phi) is 7.18. The fraction of sp³-hybridized carbons (Fsp3) is 1.00. The van der Waals surface area contributed by atoms with Crippen molar-refractivity contribution in [1.29, 1.82) is 0 Å². The second-order valence-corrected chi connectivity index (χ2v) is 6.70. The summed E-state index contributed by atoms with van der Waals surface area (Å²) in [6.07, 6.45) is 10.3. The molecule has 102 valence electrons. The van der Waals surface area contributed by atoms with Crippen LogP contribution >= 0.6 is 0 Å². The van der Waals surface area contributed by atoms with Crippen LogP contribution in [-0.4, -0.2) is 12.6 Å². The smallest absolute Gasteiger partial charge is 0.00104 e. The molecule has 0 saturated heterocycles. The molecule has 0 aliphatic heterocycles. The van der Waals surface area contributed by atoms with Gasteiger partial charge in [-0.25, -0.2) is 0 Å². The summed E-state index contributed by atoms with van der Waals surface area (Å²) in [5.41, 5.74) is 0. The summed E-state index contributed by atoms with van der Waals surface area (Å²) >= 11 is 0. The molecule has 1 unspecified atom stereocenters.